The Morgan fingerprint density at radius 3 is 2.41 bits per heavy atom. The maximum atomic E-state index is 13.0. The monoisotopic (exact) mass is 386 g/mol. The van der Waals surface area contributed by atoms with Gasteiger partial charge in [0.2, 0.25) is 0 Å². The molecule has 1 aromatic heterocycles. The number of amides is 1. The summed E-state index contributed by atoms with van der Waals surface area (Å²) in [5.41, 5.74) is 6.00. The highest BCUT2D eigenvalue weighted by molar-refractivity contribution is 5.93. The van der Waals surface area contributed by atoms with Crippen molar-refractivity contribution in [3.63, 3.8) is 0 Å². The van der Waals surface area contributed by atoms with Gasteiger partial charge in [-0.3, -0.25) is 9.78 Å². The average molecular weight is 386 g/mol. The molecule has 0 spiro atoms. The Bertz CT molecular complexity index is 995. The molecule has 1 N–H and O–H groups in total. The molecule has 1 saturated heterocycles. The molecule has 2 aromatic carbocycles. The van der Waals surface area contributed by atoms with E-state index in [1.54, 1.807) is 6.20 Å². The molecule has 3 aromatic rings. The summed E-state index contributed by atoms with van der Waals surface area (Å²) < 4.78 is 0. The Morgan fingerprint density at radius 2 is 1.69 bits per heavy atom. The van der Waals surface area contributed by atoms with Crippen LogP contribution in [0.25, 0.3) is 0 Å². The van der Waals surface area contributed by atoms with Gasteiger partial charge in [0, 0.05) is 49.4 Å². The summed E-state index contributed by atoms with van der Waals surface area (Å²) in [6.45, 7) is 7.22. The number of rotatable bonds is 4. The Hall–Kier alpha value is -3.34. The first-order valence-electron chi connectivity index (χ1n) is 10.00. The molecular formula is C24H26N4O. The normalized spacial score (nSPS) is 14.0. The third-order valence-electron chi connectivity index (χ3n) is 5.33. The molecule has 29 heavy (non-hydrogen) atoms. The number of piperazine rings is 1. The van der Waals surface area contributed by atoms with Crippen LogP contribution in [0.3, 0.4) is 0 Å². The Kier molecular flexibility index (Phi) is 5.47. The molecule has 5 nitrogen and oxygen atoms in total. The maximum absolute atomic E-state index is 13.0. The number of aromatic nitrogens is 1. The van der Waals surface area contributed by atoms with E-state index in [2.05, 4.69) is 59.4 Å². The lowest BCUT2D eigenvalue weighted by Gasteiger charge is -2.36. The highest BCUT2D eigenvalue weighted by Crippen LogP contribution is 2.22. The molecule has 1 amide bonds. The molecule has 148 valence electrons. The molecule has 0 saturated carbocycles. The van der Waals surface area contributed by atoms with Crippen LogP contribution in [0.5, 0.6) is 0 Å². The van der Waals surface area contributed by atoms with E-state index in [4.69, 9.17) is 0 Å². The summed E-state index contributed by atoms with van der Waals surface area (Å²) in [6.07, 6.45) is 1.69. The van der Waals surface area contributed by atoms with Crippen LogP contribution in [0.15, 0.2) is 66.9 Å². The second kappa shape index (κ2) is 8.35. The minimum atomic E-state index is -0.0120. The average Bonchev–Trinajstić information content (AvgIpc) is 2.76. The van der Waals surface area contributed by atoms with Gasteiger partial charge in [-0.05, 0) is 49.7 Å². The van der Waals surface area contributed by atoms with Crippen molar-refractivity contribution < 1.29 is 4.79 Å². The van der Waals surface area contributed by atoms with Crippen LogP contribution in [0.4, 0.5) is 17.1 Å². The number of nitrogens with one attached hydrogen (secondary N) is 1. The number of carbonyl (C=O) groups is 1. The fraction of sp³-hybridized carbons (Fsp3) is 0.250. The number of pyridine rings is 1. The van der Waals surface area contributed by atoms with Crippen molar-refractivity contribution in [1.82, 2.24) is 9.88 Å². The number of anilines is 3. The van der Waals surface area contributed by atoms with Crippen LogP contribution >= 0.6 is 0 Å². The lowest BCUT2D eigenvalue weighted by Crippen LogP contribution is -2.49. The van der Waals surface area contributed by atoms with Crippen LogP contribution in [0, 0.1) is 13.8 Å². The van der Waals surface area contributed by atoms with Gasteiger partial charge in [-0.25, -0.2) is 0 Å². The fourth-order valence-electron chi connectivity index (χ4n) is 3.70. The van der Waals surface area contributed by atoms with Gasteiger partial charge in [0.1, 0.15) is 5.69 Å². The zero-order chi connectivity index (χ0) is 20.2. The van der Waals surface area contributed by atoms with Crippen LogP contribution in [-0.2, 0) is 0 Å². The smallest absolute Gasteiger partial charge is 0.272 e. The molecule has 1 aliphatic heterocycles. The van der Waals surface area contributed by atoms with Gasteiger partial charge in [-0.1, -0.05) is 35.9 Å². The Balaban J connectivity index is 1.42. The van der Waals surface area contributed by atoms with E-state index in [-0.39, 0.29) is 5.91 Å². The molecule has 0 radical (unpaired) electrons. The van der Waals surface area contributed by atoms with E-state index < -0.39 is 0 Å². The molecule has 0 unspecified atom stereocenters. The minimum absolute atomic E-state index is 0.0120. The fourth-order valence-corrected chi connectivity index (χ4v) is 3.70. The van der Waals surface area contributed by atoms with E-state index in [0.29, 0.717) is 18.8 Å². The third-order valence-corrected chi connectivity index (χ3v) is 5.33. The summed E-state index contributed by atoms with van der Waals surface area (Å²) in [5, 5.41) is 3.41. The molecule has 0 atom stereocenters. The van der Waals surface area contributed by atoms with Crippen molar-refractivity contribution in [2.75, 3.05) is 36.4 Å². The minimum Gasteiger partial charge on any atom is -0.368 e. The molecule has 5 heteroatoms. The topological polar surface area (TPSA) is 48.5 Å². The zero-order valence-corrected chi connectivity index (χ0v) is 16.9. The molecule has 0 bridgehead atoms. The molecule has 2 heterocycles. The molecule has 0 aliphatic carbocycles. The van der Waals surface area contributed by atoms with E-state index in [0.717, 1.165) is 24.5 Å². The summed E-state index contributed by atoms with van der Waals surface area (Å²) in [4.78, 5) is 21.5. The second-order valence-electron chi connectivity index (χ2n) is 7.49. The standard InChI is InChI=1S/C24H26N4O/c1-18-8-9-22(19(2)16-18)26-20-10-11-25-23(17-20)24(29)28-14-12-27(13-15-28)21-6-4-3-5-7-21/h3-11,16-17H,12-15H2,1-2H3,(H,25,26). The summed E-state index contributed by atoms with van der Waals surface area (Å²) in [7, 11) is 0. The molecule has 1 fully saturated rings. The van der Waals surface area contributed by atoms with Crippen molar-refractivity contribution in [2.24, 2.45) is 0 Å². The van der Waals surface area contributed by atoms with Gasteiger partial charge in [-0.2, -0.15) is 0 Å². The second-order valence-corrected chi connectivity index (χ2v) is 7.49. The highest BCUT2D eigenvalue weighted by atomic mass is 16.2. The van der Waals surface area contributed by atoms with Gasteiger partial charge in [0.05, 0.1) is 0 Å². The van der Waals surface area contributed by atoms with Crippen LogP contribution < -0.4 is 10.2 Å². The largest absolute Gasteiger partial charge is 0.368 e. The SMILES string of the molecule is Cc1ccc(Nc2ccnc(C(=O)N3CCN(c4ccccc4)CC3)c2)c(C)c1. The predicted molar refractivity (Wildman–Crippen MR) is 118 cm³/mol. The van der Waals surface area contributed by atoms with E-state index >= 15 is 0 Å². The number of para-hydroxylation sites is 1. The van der Waals surface area contributed by atoms with Crippen molar-refractivity contribution in [2.45, 2.75) is 13.8 Å². The molecule has 4 rings (SSSR count). The summed E-state index contributed by atoms with van der Waals surface area (Å²) >= 11 is 0. The van der Waals surface area contributed by atoms with Gasteiger partial charge in [0.25, 0.3) is 5.91 Å². The molecule has 1 aliphatic rings. The number of hydrogen-bond acceptors (Lipinski definition) is 4. The van der Waals surface area contributed by atoms with Crippen molar-refractivity contribution in [3.05, 3.63) is 83.7 Å². The van der Waals surface area contributed by atoms with Crippen molar-refractivity contribution in [1.29, 1.82) is 0 Å². The zero-order valence-electron chi connectivity index (χ0n) is 16.9. The van der Waals surface area contributed by atoms with Gasteiger partial charge >= 0.3 is 0 Å². The van der Waals surface area contributed by atoms with Crippen LogP contribution in [-0.4, -0.2) is 42.0 Å². The third kappa shape index (κ3) is 4.40. The maximum Gasteiger partial charge on any atom is 0.272 e. The highest BCUT2D eigenvalue weighted by Gasteiger charge is 2.23. The van der Waals surface area contributed by atoms with Gasteiger partial charge in [0.15, 0.2) is 0 Å². The Morgan fingerprint density at radius 1 is 0.931 bits per heavy atom. The number of aryl methyl sites for hydroxylation is 2. The van der Waals surface area contributed by atoms with E-state index in [9.17, 15) is 4.79 Å². The Labute approximate surface area is 172 Å². The number of carbonyl (C=O) groups excluding carboxylic acids is 1. The number of nitrogens with zero attached hydrogens (tertiary/aromatic N) is 3. The first-order chi connectivity index (χ1) is 14.1. The van der Waals surface area contributed by atoms with Crippen LogP contribution in [0.2, 0.25) is 0 Å². The quantitative estimate of drug-likeness (QED) is 0.722. The van der Waals surface area contributed by atoms with Gasteiger partial charge in [-0.15, -0.1) is 0 Å². The lowest BCUT2D eigenvalue weighted by molar-refractivity contribution is 0.0741. The lowest BCUT2D eigenvalue weighted by atomic mass is 10.1. The number of benzene rings is 2. The summed E-state index contributed by atoms with van der Waals surface area (Å²) in [6, 6.07) is 20.4. The van der Waals surface area contributed by atoms with E-state index in [1.165, 1.54) is 16.8 Å². The van der Waals surface area contributed by atoms with Crippen molar-refractivity contribution in [3.8, 4) is 0 Å². The molecular weight excluding hydrogens is 360 g/mol. The van der Waals surface area contributed by atoms with E-state index in [1.807, 2.05) is 35.2 Å². The summed E-state index contributed by atoms with van der Waals surface area (Å²) in [5.74, 6) is -0.0120. The number of hydrogen-bond donors (Lipinski definition) is 1. The predicted octanol–water partition coefficient (Wildman–Crippen LogP) is 4.40. The van der Waals surface area contributed by atoms with Crippen LogP contribution in [0.1, 0.15) is 21.6 Å². The van der Waals surface area contributed by atoms with Crippen molar-refractivity contribution >= 4 is 23.0 Å². The van der Waals surface area contributed by atoms with Gasteiger partial charge < -0.3 is 15.1 Å². The first kappa shape index (κ1) is 19.0. The first-order valence-corrected chi connectivity index (χ1v) is 10.00.